The molecule has 12 heavy (non-hydrogen) atoms. The zero-order chi connectivity index (χ0) is 8.72. The molecule has 0 N–H and O–H groups in total. The predicted molar refractivity (Wildman–Crippen MR) is 44.3 cm³/mol. The van der Waals surface area contributed by atoms with Crippen molar-refractivity contribution >= 4 is 0 Å². The first-order valence-corrected chi connectivity index (χ1v) is 4.00. The van der Waals surface area contributed by atoms with Crippen LogP contribution in [0.2, 0.25) is 0 Å². The molecule has 1 aromatic rings. The smallest absolute Gasteiger partial charge is 0.298 e. The van der Waals surface area contributed by atoms with Crippen LogP contribution in [0, 0.1) is 0 Å². The molecule has 0 spiro atoms. The lowest BCUT2D eigenvalue weighted by atomic mass is 10.3. The zero-order valence-corrected chi connectivity index (χ0v) is 6.91. The lowest BCUT2D eigenvalue weighted by Gasteiger charge is -2.03. The Morgan fingerprint density at radius 3 is 2.92 bits per heavy atom. The van der Waals surface area contributed by atoms with Crippen LogP contribution in [0.5, 0.6) is 0 Å². The minimum atomic E-state index is -0.201. The van der Waals surface area contributed by atoms with Gasteiger partial charge in [0.05, 0.1) is 0 Å². The molecular weight excluding hydrogens is 156 g/mol. The third-order valence-electron chi connectivity index (χ3n) is 2.30. The zero-order valence-electron chi connectivity index (χ0n) is 6.91. The van der Waals surface area contributed by atoms with Crippen LogP contribution in [-0.2, 0) is 20.0 Å². The maximum atomic E-state index is 11.4. The quantitative estimate of drug-likeness (QED) is 0.521. The van der Waals surface area contributed by atoms with Crippen LogP contribution in [-0.4, -0.2) is 9.13 Å². The van der Waals surface area contributed by atoms with Gasteiger partial charge in [-0.05, 0) is 12.8 Å². The molecule has 0 amide bonds. The molecule has 0 atom stereocenters. The van der Waals surface area contributed by atoms with Gasteiger partial charge in [-0.25, -0.2) is 4.79 Å². The summed E-state index contributed by atoms with van der Waals surface area (Å²) in [5.41, 5.74) is 0.492. The topological polar surface area (TPSA) is 44.0 Å². The predicted octanol–water partition coefficient (Wildman–Crippen LogP) is -0.507. The molecule has 0 saturated carbocycles. The number of rotatable bonds is 0. The molecule has 2 heterocycles. The van der Waals surface area contributed by atoms with Gasteiger partial charge in [0.15, 0.2) is 0 Å². The Labute approximate surface area is 69.1 Å². The van der Waals surface area contributed by atoms with Gasteiger partial charge in [0, 0.05) is 25.4 Å². The first kappa shape index (κ1) is 7.34. The van der Waals surface area contributed by atoms with Gasteiger partial charge in [0.1, 0.15) is 0 Å². The lowest BCUT2D eigenvalue weighted by molar-refractivity contribution is 0.633. The second-order valence-corrected chi connectivity index (χ2v) is 3.07. The highest BCUT2D eigenvalue weighted by atomic mass is 16.2. The van der Waals surface area contributed by atoms with E-state index in [2.05, 4.69) is 0 Å². The number of nitrogens with zero attached hydrogens (tertiary/aromatic N) is 2. The van der Waals surface area contributed by atoms with Crippen LogP contribution in [0.3, 0.4) is 0 Å². The first-order chi connectivity index (χ1) is 5.70. The van der Waals surface area contributed by atoms with Crippen molar-refractivity contribution in [2.24, 2.45) is 7.05 Å². The number of aryl methyl sites for hydroxylation is 1. The van der Waals surface area contributed by atoms with Crippen LogP contribution in [0.25, 0.3) is 0 Å². The van der Waals surface area contributed by atoms with Crippen molar-refractivity contribution in [3.05, 3.63) is 32.6 Å². The highest BCUT2D eigenvalue weighted by molar-refractivity contribution is 5.05. The molecule has 0 unspecified atom stereocenters. The van der Waals surface area contributed by atoms with E-state index in [4.69, 9.17) is 0 Å². The summed E-state index contributed by atoms with van der Waals surface area (Å²) in [6.07, 6.45) is 1.82. The van der Waals surface area contributed by atoms with Gasteiger partial charge in [-0.2, -0.15) is 0 Å². The third kappa shape index (κ3) is 0.841. The van der Waals surface area contributed by atoms with Gasteiger partial charge in [0.2, 0.25) is 0 Å². The van der Waals surface area contributed by atoms with Crippen molar-refractivity contribution in [3.8, 4) is 0 Å². The van der Waals surface area contributed by atoms with Gasteiger partial charge in [0.25, 0.3) is 5.56 Å². The molecule has 4 nitrogen and oxygen atoms in total. The molecule has 4 heteroatoms. The lowest BCUT2D eigenvalue weighted by Crippen LogP contribution is -2.37. The SMILES string of the molecule is Cn1c(=O)cc2n(c1=O)CCC2. The summed E-state index contributed by atoms with van der Waals surface area (Å²) in [5, 5.41) is 0. The molecule has 64 valence electrons. The maximum absolute atomic E-state index is 11.4. The first-order valence-electron chi connectivity index (χ1n) is 4.00. The second kappa shape index (κ2) is 2.33. The number of hydrogen-bond acceptors (Lipinski definition) is 2. The fourth-order valence-electron chi connectivity index (χ4n) is 1.58. The maximum Gasteiger partial charge on any atom is 0.330 e. The summed E-state index contributed by atoms with van der Waals surface area (Å²) in [5.74, 6) is 0. The van der Waals surface area contributed by atoms with E-state index in [1.807, 2.05) is 0 Å². The van der Waals surface area contributed by atoms with Crippen LogP contribution in [0.15, 0.2) is 15.7 Å². The average molecular weight is 166 g/mol. The molecule has 1 aromatic heterocycles. The van der Waals surface area contributed by atoms with Gasteiger partial charge in [-0.15, -0.1) is 0 Å². The largest absolute Gasteiger partial charge is 0.330 e. The monoisotopic (exact) mass is 166 g/mol. The molecule has 0 radical (unpaired) electrons. The van der Waals surface area contributed by atoms with Gasteiger partial charge < -0.3 is 0 Å². The third-order valence-corrected chi connectivity index (χ3v) is 2.30. The summed E-state index contributed by atoms with van der Waals surface area (Å²) in [7, 11) is 1.51. The molecule has 0 saturated heterocycles. The summed E-state index contributed by atoms with van der Waals surface area (Å²) in [6.45, 7) is 0.752. The van der Waals surface area contributed by atoms with E-state index in [0.29, 0.717) is 0 Å². The normalized spacial score (nSPS) is 14.8. The molecule has 0 bridgehead atoms. The van der Waals surface area contributed by atoms with Crippen molar-refractivity contribution in [2.75, 3.05) is 0 Å². The summed E-state index contributed by atoms with van der Waals surface area (Å²) < 4.78 is 2.82. The van der Waals surface area contributed by atoms with E-state index in [1.165, 1.54) is 7.05 Å². The van der Waals surface area contributed by atoms with E-state index in [9.17, 15) is 9.59 Å². The Hall–Kier alpha value is -1.32. The fourth-order valence-corrected chi connectivity index (χ4v) is 1.58. The van der Waals surface area contributed by atoms with Crippen molar-refractivity contribution in [1.29, 1.82) is 0 Å². The fraction of sp³-hybridized carbons (Fsp3) is 0.500. The summed E-state index contributed by atoms with van der Waals surface area (Å²) in [6, 6.07) is 1.55. The van der Waals surface area contributed by atoms with Crippen LogP contribution < -0.4 is 11.2 Å². The standard InChI is InChI=1S/C8H10N2O2/c1-9-7(11)5-6-3-2-4-10(6)8(9)12/h5H,2-4H2,1H3. The van der Waals surface area contributed by atoms with Crippen molar-refractivity contribution < 1.29 is 0 Å². The van der Waals surface area contributed by atoms with E-state index >= 15 is 0 Å². The molecule has 1 aliphatic rings. The molecular formula is C8H10N2O2. The number of hydrogen-bond donors (Lipinski definition) is 0. The minimum Gasteiger partial charge on any atom is -0.298 e. The van der Waals surface area contributed by atoms with Gasteiger partial charge in [-0.1, -0.05) is 0 Å². The van der Waals surface area contributed by atoms with E-state index < -0.39 is 0 Å². The van der Waals surface area contributed by atoms with Crippen molar-refractivity contribution in [2.45, 2.75) is 19.4 Å². The summed E-state index contributed by atoms with van der Waals surface area (Å²) >= 11 is 0. The molecule has 1 aliphatic heterocycles. The van der Waals surface area contributed by atoms with Crippen molar-refractivity contribution in [1.82, 2.24) is 9.13 Å². The second-order valence-electron chi connectivity index (χ2n) is 3.07. The highest BCUT2D eigenvalue weighted by Gasteiger charge is 2.13. The van der Waals surface area contributed by atoms with Gasteiger partial charge >= 0.3 is 5.69 Å². The number of aromatic nitrogens is 2. The van der Waals surface area contributed by atoms with Gasteiger partial charge in [-0.3, -0.25) is 13.9 Å². The van der Waals surface area contributed by atoms with E-state index in [1.54, 1.807) is 10.6 Å². The minimum absolute atomic E-state index is 0.185. The Balaban J connectivity index is 2.85. The van der Waals surface area contributed by atoms with Crippen LogP contribution >= 0.6 is 0 Å². The molecule has 0 aliphatic carbocycles. The van der Waals surface area contributed by atoms with Crippen LogP contribution in [0.4, 0.5) is 0 Å². The number of fused-ring (bicyclic) bond motifs is 1. The average Bonchev–Trinajstić information content (AvgIpc) is 2.48. The van der Waals surface area contributed by atoms with E-state index in [-0.39, 0.29) is 11.2 Å². The molecule has 0 aromatic carbocycles. The Kier molecular flexibility index (Phi) is 1.43. The highest BCUT2D eigenvalue weighted by Crippen LogP contribution is 2.07. The van der Waals surface area contributed by atoms with E-state index in [0.717, 1.165) is 29.6 Å². The Bertz CT molecular complexity index is 428. The Morgan fingerprint density at radius 1 is 1.42 bits per heavy atom. The Morgan fingerprint density at radius 2 is 2.17 bits per heavy atom. The molecule has 2 rings (SSSR count). The van der Waals surface area contributed by atoms with Crippen LogP contribution in [0.1, 0.15) is 12.1 Å². The van der Waals surface area contributed by atoms with Crippen molar-refractivity contribution in [3.63, 3.8) is 0 Å². The molecule has 0 fully saturated rings. The summed E-state index contributed by atoms with van der Waals surface area (Å²) in [4.78, 5) is 22.6.